The minimum Gasteiger partial charge on any atom is -0.358 e. The first-order chi connectivity index (χ1) is 6.51. The average Bonchev–Trinajstić information content (AvgIpc) is 2.14. The van der Waals surface area contributed by atoms with Crippen LogP contribution in [0.15, 0.2) is 0 Å². The molecule has 0 rings (SSSR count). The summed E-state index contributed by atoms with van der Waals surface area (Å²) in [4.78, 5) is 11.5. The lowest BCUT2D eigenvalue weighted by Crippen LogP contribution is -2.47. The second kappa shape index (κ2) is 6.82. The summed E-state index contributed by atoms with van der Waals surface area (Å²) in [5, 5.41) is 6.04. The van der Waals surface area contributed by atoms with Gasteiger partial charge in [-0.15, -0.1) is 0 Å². The summed E-state index contributed by atoms with van der Waals surface area (Å²) in [6, 6.07) is 0.353. The Labute approximate surface area is 87.6 Å². The van der Waals surface area contributed by atoms with Crippen LogP contribution in [0.4, 0.5) is 0 Å². The topological polar surface area (TPSA) is 41.1 Å². The minimum absolute atomic E-state index is 0.0463. The molecular formula is C11H24N2O. The van der Waals surface area contributed by atoms with Gasteiger partial charge in [-0.1, -0.05) is 20.8 Å². The average molecular weight is 200 g/mol. The summed E-state index contributed by atoms with van der Waals surface area (Å²) in [6.07, 6.45) is 1.94. The summed E-state index contributed by atoms with van der Waals surface area (Å²) in [5.74, 6) is 0.632. The number of carbonyl (C=O) groups is 1. The Hall–Kier alpha value is -0.570. The molecule has 0 bridgehead atoms. The monoisotopic (exact) mass is 200 g/mol. The van der Waals surface area contributed by atoms with Gasteiger partial charge in [0.15, 0.2) is 0 Å². The molecule has 0 aromatic rings. The molecule has 0 heterocycles. The van der Waals surface area contributed by atoms with Crippen molar-refractivity contribution in [3.8, 4) is 0 Å². The molecule has 0 fully saturated rings. The van der Waals surface area contributed by atoms with Gasteiger partial charge in [-0.3, -0.25) is 4.79 Å². The van der Waals surface area contributed by atoms with E-state index < -0.39 is 0 Å². The van der Waals surface area contributed by atoms with Crippen molar-refractivity contribution < 1.29 is 4.79 Å². The van der Waals surface area contributed by atoms with Crippen LogP contribution in [0.2, 0.25) is 0 Å². The summed E-state index contributed by atoms with van der Waals surface area (Å²) >= 11 is 0. The van der Waals surface area contributed by atoms with Crippen molar-refractivity contribution in [2.45, 2.75) is 52.6 Å². The van der Waals surface area contributed by atoms with Crippen LogP contribution >= 0.6 is 0 Å². The van der Waals surface area contributed by atoms with Crippen LogP contribution < -0.4 is 10.6 Å². The Morgan fingerprint density at radius 2 is 1.86 bits per heavy atom. The van der Waals surface area contributed by atoms with Crippen LogP contribution in [0, 0.1) is 5.92 Å². The lowest BCUT2D eigenvalue weighted by Gasteiger charge is -2.22. The highest BCUT2D eigenvalue weighted by Gasteiger charge is 2.19. The van der Waals surface area contributed by atoms with E-state index in [1.54, 1.807) is 7.05 Å². The van der Waals surface area contributed by atoms with Crippen LogP contribution in [0.1, 0.15) is 40.5 Å². The van der Waals surface area contributed by atoms with E-state index in [2.05, 4.69) is 38.3 Å². The van der Waals surface area contributed by atoms with Crippen molar-refractivity contribution in [1.82, 2.24) is 10.6 Å². The van der Waals surface area contributed by atoms with Crippen molar-refractivity contribution in [1.29, 1.82) is 0 Å². The first-order valence-corrected chi connectivity index (χ1v) is 5.48. The maximum atomic E-state index is 11.5. The molecular weight excluding hydrogens is 176 g/mol. The summed E-state index contributed by atoms with van der Waals surface area (Å²) < 4.78 is 0. The highest BCUT2D eigenvalue weighted by atomic mass is 16.2. The molecule has 0 aromatic carbocycles. The van der Waals surface area contributed by atoms with Gasteiger partial charge < -0.3 is 10.6 Å². The van der Waals surface area contributed by atoms with Crippen molar-refractivity contribution in [3.05, 3.63) is 0 Å². The van der Waals surface area contributed by atoms with Gasteiger partial charge in [-0.2, -0.15) is 0 Å². The van der Waals surface area contributed by atoms with Crippen LogP contribution in [0.25, 0.3) is 0 Å². The van der Waals surface area contributed by atoms with E-state index >= 15 is 0 Å². The van der Waals surface area contributed by atoms with Crippen molar-refractivity contribution in [3.63, 3.8) is 0 Å². The van der Waals surface area contributed by atoms with Gasteiger partial charge in [-0.25, -0.2) is 0 Å². The fourth-order valence-corrected chi connectivity index (χ4v) is 1.36. The first-order valence-electron chi connectivity index (χ1n) is 5.48. The molecule has 0 aliphatic carbocycles. The van der Waals surface area contributed by atoms with Gasteiger partial charge >= 0.3 is 0 Å². The molecule has 2 N–H and O–H groups in total. The lowest BCUT2D eigenvalue weighted by molar-refractivity contribution is -0.123. The third-order valence-electron chi connectivity index (χ3n) is 2.37. The van der Waals surface area contributed by atoms with Gasteiger partial charge in [0.2, 0.25) is 5.91 Å². The molecule has 2 atom stereocenters. The predicted octanol–water partition coefficient (Wildman–Crippen LogP) is 1.54. The zero-order chi connectivity index (χ0) is 11.1. The smallest absolute Gasteiger partial charge is 0.236 e. The molecule has 0 saturated carbocycles. The second-order valence-electron chi connectivity index (χ2n) is 4.27. The van der Waals surface area contributed by atoms with Crippen molar-refractivity contribution in [2.24, 2.45) is 5.92 Å². The van der Waals surface area contributed by atoms with E-state index in [9.17, 15) is 4.79 Å². The Bertz CT molecular complexity index is 169. The van der Waals surface area contributed by atoms with E-state index in [0.29, 0.717) is 12.0 Å². The zero-order valence-electron chi connectivity index (χ0n) is 10.1. The van der Waals surface area contributed by atoms with Crippen molar-refractivity contribution >= 4 is 5.91 Å². The molecule has 0 radical (unpaired) electrons. The van der Waals surface area contributed by atoms with E-state index in [4.69, 9.17) is 0 Å². The fourth-order valence-electron chi connectivity index (χ4n) is 1.36. The molecule has 2 unspecified atom stereocenters. The molecule has 0 spiro atoms. The van der Waals surface area contributed by atoms with E-state index in [1.807, 2.05) is 0 Å². The van der Waals surface area contributed by atoms with Gasteiger partial charge in [0.1, 0.15) is 0 Å². The molecule has 3 nitrogen and oxygen atoms in total. The van der Waals surface area contributed by atoms with E-state index in [0.717, 1.165) is 12.8 Å². The van der Waals surface area contributed by atoms with E-state index in [1.165, 1.54) is 0 Å². The molecule has 1 amide bonds. The number of rotatable bonds is 6. The Balaban J connectivity index is 4.17. The van der Waals surface area contributed by atoms with E-state index in [-0.39, 0.29) is 11.9 Å². The fraction of sp³-hybridized carbons (Fsp3) is 0.909. The normalized spacial score (nSPS) is 15.3. The standard InChI is InChI=1S/C11H24N2O/c1-6-9(4)13-10(7-8(2)3)11(14)12-5/h8-10,13H,6-7H2,1-5H3,(H,12,14). The van der Waals surface area contributed by atoms with Crippen molar-refractivity contribution in [2.75, 3.05) is 7.05 Å². The quantitative estimate of drug-likeness (QED) is 0.683. The Morgan fingerprint density at radius 3 is 2.21 bits per heavy atom. The molecule has 0 saturated heterocycles. The van der Waals surface area contributed by atoms with Crippen LogP contribution in [-0.4, -0.2) is 25.0 Å². The molecule has 84 valence electrons. The Morgan fingerprint density at radius 1 is 1.29 bits per heavy atom. The summed E-state index contributed by atoms with van der Waals surface area (Å²) in [6.45, 7) is 8.49. The number of nitrogens with one attached hydrogen (secondary N) is 2. The van der Waals surface area contributed by atoms with Crippen LogP contribution in [-0.2, 0) is 4.79 Å². The number of hydrogen-bond donors (Lipinski definition) is 2. The van der Waals surface area contributed by atoms with Crippen LogP contribution in [0.3, 0.4) is 0 Å². The largest absolute Gasteiger partial charge is 0.358 e. The second-order valence-corrected chi connectivity index (χ2v) is 4.27. The van der Waals surface area contributed by atoms with Gasteiger partial charge in [0.05, 0.1) is 6.04 Å². The highest BCUT2D eigenvalue weighted by molar-refractivity contribution is 5.81. The maximum Gasteiger partial charge on any atom is 0.236 e. The lowest BCUT2D eigenvalue weighted by atomic mass is 10.0. The highest BCUT2D eigenvalue weighted by Crippen LogP contribution is 2.06. The molecule has 14 heavy (non-hydrogen) atoms. The molecule has 0 aliphatic rings. The van der Waals surface area contributed by atoms with Gasteiger partial charge in [0.25, 0.3) is 0 Å². The van der Waals surface area contributed by atoms with Crippen LogP contribution in [0.5, 0.6) is 0 Å². The van der Waals surface area contributed by atoms with Gasteiger partial charge in [-0.05, 0) is 25.7 Å². The minimum atomic E-state index is -0.0463. The van der Waals surface area contributed by atoms with Gasteiger partial charge in [0, 0.05) is 13.1 Å². The number of amides is 1. The third kappa shape index (κ3) is 5.22. The molecule has 0 aromatic heterocycles. The zero-order valence-corrected chi connectivity index (χ0v) is 10.1. The first kappa shape index (κ1) is 13.4. The Kier molecular flexibility index (Phi) is 6.54. The number of carbonyl (C=O) groups excluding carboxylic acids is 1. The maximum absolute atomic E-state index is 11.5. The SMILES string of the molecule is CCC(C)NC(CC(C)C)C(=O)NC. The number of hydrogen-bond acceptors (Lipinski definition) is 2. The predicted molar refractivity (Wildman–Crippen MR) is 60.2 cm³/mol. The molecule has 0 aliphatic heterocycles. The molecule has 3 heteroatoms. The third-order valence-corrected chi connectivity index (χ3v) is 2.37. The summed E-state index contributed by atoms with van der Waals surface area (Å²) in [7, 11) is 1.69. The summed E-state index contributed by atoms with van der Waals surface area (Å²) in [5.41, 5.74) is 0. The number of likely N-dealkylation sites (N-methyl/N-ethyl adjacent to an activating group) is 1.